The first-order chi connectivity index (χ1) is 15.6. The molecule has 0 aliphatic heterocycles. The molecule has 2 aromatic rings. The SMILES string of the molecule is Cc1ccc(N(CC(=O)N(Cc2ccc(F)cc2)C(C)C(=O)NC(C)(C)C)S(C)(=O)=O)cc1C. The molecule has 0 saturated carbocycles. The molecule has 0 aromatic heterocycles. The highest BCUT2D eigenvalue weighted by Crippen LogP contribution is 2.22. The summed E-state index contributed by atoms with van der Waals surface area (Å²) in [7, 11) is -3.79. The Morgan fingerprint density at radius 1 is 1.03 bits per heavy atom. The Morgan fingerprint density at radius 2 is 1.62 bits per heavy atom. The Hall–Kier alpha value is -2.94. The molecule has 1 N–H and O–H groups in total. The minimum atomic E-state index is -3.79. The topological polar surface area (TPSA) is 86.8 Å². The highest BCUT2D eigenvalue weighted by molar-refractivity contribution is 7.92. The van der Waals surface area contributed by atoms with Crippen molar-refractivity contribution in [3.8, 4) is 0 Å². The van der Waals surface area contributed by atoms with Crippen molar-refractivity contribution in [3.63, 3.8) is 0 Å². The number of hydrogen-bond acceptors (Lipinski definition) is 4. The van der Waals surface area contributed by atoms with Crippen LogP contribution in [0.2, 0.25) is 0 Å². The zero-order valence-electron chi connectivity index (χ0n) is 20.8. The van der Waals surface area contributed by atoms with Crippen molar-refractivity contribution in [2.75, 3.05) is 17.1 Å². The molecule has 1 unspecified atom stereocenters. The molecule has 9 heteroatoms. The second-order valence-corrected chi connectivity index (χ2v) is 11.5. The van der Waals surface area contributed by atoms with Crippen LogP contribution in [0.1, 0.15) is 44.4 Å². The van der Waals surface area contributed by atoms with Gasteiger partial charge in [0.25, 0.3) is 0 Å². The van der Waals surface area contributed by atoms with Gasteiger partial charge >= 0.3 is 0 Å². The Morgan fingerprint density at radius 3 is 2.12 bits per heavy atom. The summed E-state index contributed by atoms with van der Waals surface area (Å²) in [6.45, 7) is 10.4. The number of rotatable bonds is 8. The number of anilines is 1. The summed E-state index contributed by atoms with van der Waals surface area (Å²) >= 11 is 0. The van der Waals surface area contributed by atoms with Crippen molar-refractivity contribution >= 4 is 27.5 Å². The number of nitrogens with zero attached hydrogens (tertiary/aromatic N) is 2. The van der Waals surface area contributed by atoms with Crippen molar-refractivity contribution in [2.24, 2.45) is 0 Å². The minimum absolute atomic E-state index is 0.0162. The van der Waals surface area contributed by atoms with Crippen LogP contribution < -0.4 is 9.62 Å². The van der Waals surface area contributed by atoms with Crippen molar-refractivity contribution in [2.45, 2.75) is 59.7 Å². The van der Waals surface area contributed by atoms with Crippen LogP contribution in [0.25, 0.3) is 0 Å². The molecule has 7 nitrogen and oxygen atoms in total. The molecule has 0 fully saturated rings. The van der Waals surface area contributed by atoms with E-state index in [4.69, 9.17) is 0 Å². The fourth-order valence-corrected chi connectivity index (χ4v) is 4.18. The predicted octanol–water partition coefficient (Wildman–Crippen LogP) is 3.54. The highest BCUT2D eigenvalue weighted by atomic mass is 32.2. The van der Waals surface area contributed by atoms with Crippen molar-refractivity contribution in [1.82, 2.24) is 10.2 Å². The van der Waals surface area contributed by atoms with Gasteiger partial charge in [0.05, 0.1) is 11.9 Å². The third-order valence-electron chi connectivity index (χ3n) is 5.39. The molecule has 2 aromatic carbocycles. The molecule has 2 rings (SSSR count). The monoisotopic (exact) mass is 491 g/mol. The van der Waals surface area contributed by atoms with E-state index in [1.807, 2.05) is 34.6 Å². The van der Waals surface area contributed by atoms with Gasteiger partial charge in [-0.25, -0.2) is 12.8 Å². The molecule has 0 spiro atoms. The van der Waals surface area contributed by atoms with E-state index in [9.17, 15) is 22.4 Å². The Bertz CT molecular complexity index is 1140. The van der Waals surface area contributed by atoms with Crippen LogP contribution in [0, 0.1) is 19.7 Å². The van der Waals surface area contributed by atoms with Gasteiger partial charge in [0.2, 0.25) is 21.8 Å². The Kier molecular flexibility index (Phi) is 8.47. The van der Waals surface area contributed by atoms with Crippen LogP contribution in [0.15, 0.2) is 42.5 Å². The summed E-state index contributed by atoms with van der Waals surface area (Å²) in [6, 6.07) is 9.87. The normalized spacial score (nSPS) is 12.7. The van der Waals surface area contributed by atoms with E-state index < -0.39 is 39.9 Å². The summed E-state index contributed by atoms with van der Waals surface area (Å²) in [5, 5.41) is 2.85. The van der Waals surface area contributed by atoms with Gasteiger partial charge in [-0.15, -0.1) is 0 Å². The number of carbonyl (C=O) groups excluding carboxylic acids is 2. The molecular formula is C25H34FN3O4S. The number of amides is 2. The lowest BCUT2D eigenvalue weighted by atomic mass is 10.1. The molecule has 186 valence electrons. The van der Waals surface area contributed by atoms with E-state index in [0.29, 0.717) is 11.3 Å². The van der Waals surface area contributed by atoms with Gasteiger partial charge in [0, 0.05) is 12.1 Å². The highest BCUT2D eigenvalue weighted by Gasteiger charge is 2.31. The van der Waals surface area contributed by atoms with Crippen LogP contribution in [0.3, 0.4) is 0 Å². The molecule has 0 bridgehead atoms. The maximum atomic E-state index is 13.5. The van der Waals surface area contributed by atoms with Gasteiger partial charge in [-0.05, 0) is 82.5 Å². The molecule has 34 heavy (non-hydrogen) atoms. The number of sulfonamides is 1. The fourth-order valence-electron chi connectivity index (χ4n) is 3.34. The van der Waals surface area contributed by atoms with Gasteiger partial charge < -0.3 is 10.2 Å². The van der Waals surface area contributed by atoms with Crippen LogP contribution in [0.4, 0.5) is 10.1 Å². The lowest BCUT2D eigenvalue weighted by Crippen LogP contribution is -2.54. The summed E-state index contributed by atoms with van der Waals surface area (Å²) in [5.74, 6) is -1.34. The Labute approximate surface area is 202 Å². The largest absolute Gasteiger partial charge is 0.350 e. The zero-order valence-corrected chi connectivity index (χ0v) is 21.7. The quantitative estimate of drug-likeness (QED) is 0.612. The number of carbonyl (C=O) groups is 2. The first-order valence-electron chi connectivity index (χ1n) is 11.0. The smallest absolute Gasteiger partial charge is 0.244 e. The molecule has 0 radical (unpaired) electrons. The van der Waals surface area contributed by atoms with E-state index in [0.717, 1.165) is 21.7 Å². The van der Waals surface area contributed by atoms with E-state index in [1.165, 1.54) is 29.2 Å². The van der Waals surface area contributed by atoms with Gasteiger partial charge in [0.1, 0.15) is 18.4 Å². The van der Waals surface area contributed by atoms with Gasteiger partial charge in [0.15, 0.2) is 0 Å². The van der Waals surface area contributed by atoms with Crippen molar-refractivity contribution in [1.29, 1.82) is 0 Å². The van der Waals surface area contributed by atoms with Gasteiger partial charge in [-0.3, -0.25) is 13.9 Å². The first-order valence-corrected chi connectivity index (χ1v) is 12.8. The predicted molar refractivity (Wildman–Crippen MR) is 132 cm³/mol. The summed E-state index contributed by atoms with van der Waals surface area (Å²) in [4.78, 5) is 27.7. The lowest BCUT2D eigenvalue weighted by molar-refractivity contribution is -0.140. The first kappa shape index (κ1) is 27.3. The van der Waals surface area contributed by atoms with E-state index >= 15 is 0 Å². The molecule has 1 atom stereocenters. The zero-order chi connectivity index (χ0) is 25.8. The molecule has 0 saturated heterocycles. The summed E-state index contributed by atoms with van der Waals surface area (Å²) < 4.78 is 39.6. The second kappa shape index (κ2) is 10.5. The van der Waals surface area contributed by atoms with Gasteiger partial charge in [-0.2, -0.15) is 0 Å². The average molecular weight is 492 g/mol. The Balaban J connectivity index is 2.41. The number of aryl methyl sites for hydroxylation is 2. The third kappa shape index (κ3) is 7.55. The summed E-state index contributed by atoms with van der Waals surface area (Å²) in [6.07, 6.45) is 1.04. The van der Waals surface area contributed by atoms with Gasteiger partial charge in [-0.1, -0.05) is 18.2 Å². The molecule has 0 heterocycles. The third-order valence-corrected chi connectivity index (χ3v) is 6.53. The van der Waals surface area contributed by atoms with E-state index in [-0.39, 0.29) is 12.5 Å². The standard InChI is InChI=1S/C25H34FN3O4S/c1-17-8-13-22(14-18(17)2)29(34(7,32)33)16-23(30)28(15-20-9-11-21(26)12-10-20)19(3)24(31)27-25(4,5)6/h8-14,19H,15-16H2,1-7H3,(H,27,31). The second-order valence-electron chi connectivity index (χ2n) is 9.60. The molecule has 0 aliphatic carbocycles. The van der Waals surface area contributed by atoms with E-state index in [2.05, 4.69) is 5.32 Å². The van der Waals surface area contributed by atoms with Crippen LogP contribution in [-0.2, 0) is 26.2 Å². The molecule has 0 aliphatic rings. The maximum absolute atomic E-state index is 13.5. The van der Waals surface area contributed by atoms with Crippen molar-refractivity contribution in [3.05, 3.63) is 65.0 Å². The lowest BCUT2D eigenvalue weighted by Gasteiger charge is -2.33. The molecular weight excluding hydrogens is 457 g/mol. The molecule has 2 amide bonds. The average Bonchev–Trinajstić information content (AvgIpc) is 2.71. The maximum Gasteiger partial charge on any atom is 0.244 e. The van der Waals surface area contributed by atoms with Crippen LogP contribution in [-0.4, -0.2) is 49.5 Å². The minimum Gasteiger partial charge on any atom is -0.350 e. The van der Waals surface area contributed by atoms with E-state index in [1.54, 1.807) is 25.1 Å². The van der Waals surface area contributed by atoms with Crippen molar-refractivity contribution < 1.29 is 22.4 Å². The van der Waals surface area contributed by atoms with Crippen LogP contribution >= 0.6 is 0 Å². The fraction of sp³-hybridized carbons (Fsp3) is 0.440. The number of halogens is 1. The number of benzene rings is 2. The van der Waals surface area contributed by atoms with Crippen LogP contribution in [0.5, 0.6) is 0 Å². The number of hydrogen-bond donors (Lipinski definition) is 1. The number of nitrogens with one attached hydrogen (secondary N) is 1. The summed E-state index contributed by atoms with van der Waals surface area (Å²) in [5.41, 5.74) is 2.34.